The number of nitrogens with one attached hydrogen (secondary N) is 1. The molecule has 0 bridgehead atoms. The van der Waals surface area contributed by atoms with Crippen LogP contribution in [-0.2, 0) is 6.54 Å². The number of aryl methyl sites for hydroxylation is 1. The molecule has 84 valence electrons. The van der Waals surface area contributed by atoms with Crippen LogP contribution in [0.25, 0.3) is 0 Å². The fourth-order valence-corrected chi connectivity index (χ4v) is 2.59. The van der Waals surface area contributed by atoms with E-state index in [-0.39, 0.29) is 0 Å². The minimum absolute atomic E-state index is 0.604. The lowest BCUT2D eigenvalue weighted by atomic mass is 10.4. The van der Waals surface area contributed by atoms with Crippen molar-refractivity contribution in [2.75, 3.05) is 0 Å². The molecule has 1 saturated carbocycles. The summed E-state index contributed by atoms with van der Waals surface area (Å²) >= 11 is 6.92. The minimum Gasteiger partial charge on any atom is -0.298 e. The van der Waals surface area contributed by atoms with Gasteiger partial charge in [-0.3, -0.25) is 9.67 Å². The van der Waals surface area contributed by atoms with E-state index in [9.17, 15) is 0 Å². The van der Waals surface area contributed by atoms with E-state index in [0.717, 1.165) is 23.1 Å². The molecule has 1 fully saturated rings. The maximum absolute atomic E-state index is 5.25. The van der Waals surface area contributed by atoms with E-state index in [1.54, 1.807) is 11.3 Å². The second-order valence-electron chi connectivity index (χ2n) is 4.11. The lowest BCUT2D eigenvalue weighted by molar-refractivity contribution is 0.706. The molecule has 0 aliphatic heterocycles. The van der Waals surface area contributed by atoms with Crippen molar-refractivity contribution in [2.24, 2.45) is 0 Å². The summed E-state index contributed by atoms with van der Waals surface area (Å²) in [5.41, 5.74) is 1.07. The Kier molecular flexibility index (Phi) is 2.40. The van der Waals surface area contributed by atoms with Gasteiger partial charge in [0.2, 0.25) is 0 Å². The average Bonchev–Trinajstić information content (AvgIpc) is 2.93. The van der Waals surface area contributed by atoms with Crippen LogP contribution in [-0.4, -0.2) is 19.7 Å². The van der Waals surface area contributed by atoms with Crippen LogP contribution in [0.15, 0.2) is 5.38 Å². The molecule has 0 radical (unpaired) electrons. The second-order valence-corrected chi connectivity index (χ2v) is 5.55. The van der Waals surface area contributed by atoms with Crippen LogP contribution in [0.4, 0.5) is 0 Å². The zero-order valence-electron chi connectivity index (χ0n) is 8.93. The molecule has 0 unspecified atom stereocenters. The smallest absolute Gasteiger partial charge is 0.195 e. The Hall–Kier alpha value is -1.01. The van der Waals surface area contributed by atoms with Crippen molar-refractivity contribution in [2.45, 2.75) is 32.2 Å². The average molecular weight is 252 g/mol. The van der Waals surface area contributed by atoms with Crippen molar-refractivity contribution in [3.63, 3.8) is 0 Å². The van der Waals surface area contributed by atoms with Gasteiger partial charge in [-0.15, -0.1) is 11.3 Å². The number of rotatable bonds is 3. The summed E-state index contributed by atoms with van der Waals surface area (Å²) in [6, 6.07) is 0. The van der Waals surface area contributed by atoms with Crippen molar-refractivity contribution < 1.29 is 0 Å². The maximum atomic E-state index is 5.25. The Morgan fingerprint density at radius 1 is 1.62 bits per heavy atom. The molecule has 1 N–H and O–H groups in total. The van der Waals surface area contributed by atoms with Crippen molar-refractivity contribution in [3.8, 4) is 0 Å². The van der Waals surface area contributed by atoms with Gasteiger partial charge < -0.3 is 0 Å². The second kappa shape index (κ2) is 3.78. The van der Waals surface area contributed by atoms with Gasteiger partial charge in [0.15, 0.2) is 4.77 Å². The fraction of sp³-hybridized carbons (Fsp3) is 0.500. The highest BCUT2D eigenvalue weighted by Gasteiger charge is 2.29. The SMILES string of the molecule is Cc1nc(Cn2c(C3CC3)n[nH]c2=S)cs1. The van der Waals surface area contributed by atoms with Crippen molar-refractivity contribution in [1.82, 2.24) is 19.7 Å². The Morgan fingerprint density at radius 3 is 3.06 bits per heavy atom. The molecule has 1 aliphatic rings. The highest BCUT2D eigenvalue weighted by atomic mass is 32.1. The van der Waals surface area contributed by atoms with E-state index >= 15 is 0 Å². The van der Waals surface area contributed by atoms with E-state index < -0.39 is 0 Å². The number of hydrogen-bond donors (Lipinski definition) is 1. The summed E-state index contributed by atoms with van der Waals surface area (Å²) in [7, 11) is 0. The monoisotopic (exact) mass is 252 g/mol. The number of thiazole rings is 1. The van der Waals surface area contributed by atoms with Crippen LogP contribution in [0.1, 0.15) is 35.3 Å². The molecule has 0 spiro atoms. The Labute approximate surface area is 102 Å². The first-order valence-electron chi connectivity index (χ1n) is 5.30. The quantitative estimate of drug-likeness (QED) is 0.854. The minimum atomic E-state index is 0.604. The van der Waals surface area contributed by atoms with Gasteiger partial charge >= 0.3 is 0 Å². The van der Waals surface area contributed by atoms with E-state index in [1.807, 2.05) is 6.92 Å². The van der Waals surface area contributed by atoms with Gasteiger partial charge in [0.25, 0.3) is 0 Å². The first-order chi connectivity index (χ1) is 7.74. The third-order valence-electron chi connectivity index (χ3n) is 2.72. The molecule has 2 aromatic heterocycles. The molecule has 3 rings (SSSR count). The summed E-state index contributed by atoms with van der Waals surface area (Å²) in [4.78, 5) is 4.46. The molecule has 0 amide bonds. The standard InChI is InChI=1S/C10H12N4S2/c1-6-11-8(5-16-6)4-14-9(7-2-3-7)12-13-10(14)15/h5,7H,2-4H2,1H3,(H,13,15). The van der Waals surface area contributed by atoms with Crippen molar-refractivity contribution >= 4 is 23.6 Å². The summed E-state index contributed by atoms with van der Waals surface area (Å²) in [5.74, 6) is 1.70. The van der Waals surface area contributed by atoms with Gasteiger partial charge in [-0.1, -0.05) is 0 Å². The summed E-state index contributed by atoms with van der Waals surface area (Å²) in [5, 5.41) is 10.4. The predicted molar refractivity (Wildman–Crippen MR) is 65.3 cm³/mol. The highest BCUT2D eigenvalue weighted by Crippen LogP contribution is 2.38. The van der Waals surface area contributed by atoms with Crippen LogP contribution in [0.3, 0.4) is 0 Å². The summed E-state index contributed by atoms with van der Waals surface area (Å²) in [6.45, 7) is 2.76. The molecule has 4 nitrogen and oxygen atoms in total. The molecule has 6 heteroatoms. The molecule has 2 heterocycles. The molecule has 0 aromatic carbocycles. The summed E-state index contributed by atoms with van der Waals surface area (Å²) < 4.78 is 2.77. The first-order valence-corrected chi connectivity index (χ1v) is 6.59. The first kappa shape index (κ1) is 10.2. The van der Waals surface area contributed by atoms with Gasteiger partial charge in [-0.25, -0.2) is 4.98 Å². The normalized spacial score (nSPS) is 15.6. The Balaban J connectivity index is 1.93. The lowest BCUT2D eigenvalue weighted by Crippen LogP contribution is -2.04. The van der Waals surface area contributed by atoms with E-state index in [0.29, 0.717) is 10.7 Å². The van der Waals surface area contributed by atoms with Gasteiger partial charge in [0.1, 0.15) is 5.82 Å². The highest BCUT2D eigenvalue weighted by molar-refractivity contribution is 7.71. The predicted octanol–water partition coefficient (Wildman–Crippen LogP) is 2.63. The number of H-pyrrole nitrogens is 1. The molecular formula is C10H12N4S2. The van der Waals surface area contributed by atoms with Crippen LogP contribution in [0, 0.1) is 11.7 Å². The number of aromatic nitrogens is 4. The molecule has 0 atom stereocenters. The summed E-state index contributed by atoms with van der Waals surface area (Å²) in [6.07, 6.45) is 2.46. The number of aromatic amines is 1. The van der Waals surface area contributed by atoms with Crippen LogP contribution in [0.5, 0.6) is 0 Å². The zero-order chi connectivity index (χ0) is 11.1. The third kappa shape index (κ3) is 1.82. The van der Waals surface area contributed by atoms with Crippen LogP contribution in [0.2, 0.25) is 0 Å². The van der Waals surface area contributed by atoms with E-state index in [1.165, 1.54) is 12.8 Å². The van der Waals surface area contributed by atoms with Crippen molar-refractivity contribution in [3.05, 3.63) is 26.7 Å². The van der Waals surface area contributed by atoms with Gasteiger partial charge in [0, 0.05) is 11.3 Å². The maximum Gasteiger partial charge on any atom is 0.195 e. The molecule has 16 heavy (non-hydrogen) atoms. The lowest BCUT2D eigenvalue weighted by Gasteiger charge is -2.02. The molecule has 0 saturated heterocycles. The largest absolute Gasteiger partial charge is 0.298 e. The van der Waals surface area contributed by atoms with E-state index in [4.69, 9.17) is 12.2 Å². The Morgan fingerprint density at radius 2 is 2.44 bits per heavy atom. The van der Waals surface area contributed by atoms with Gasteiger partial charge in [0.05, 0.1) is 17.2 Å². The molecule has 2 aromatic rings. The van der Waals surface area contributed by atoms with E-state index in [2.05, 4.69) is 25.1 Å². The topological polar surface area (TPSA) is 46.5 Å². The Bertz CT molecular complexity index is 561. The van der Waals surface area contributed by atoms with Gasteiger partial charge in [-0.05, 0) is 32.0 Å². The van der Waals surface area contributed by atoms with Crippen LogP contribution < -0.4 is 0 Å². The zero-order valence-corrected chi connectivity index (χ0v) is 10.6. The van der Waals surface area contributed by atoms with Gasteiger partial charge in [-0.2, -0.15) is 5.10 Å². The fourth-order valence-electron chi connectivity index (χ4n) is 1.78. The number of hydrogen-bond acceptors (Lipinski definition) is 4. The third-order valence-corrected chi connectivity index (χ3v) is 3.85. The molecule has 1 aliphatic carbocycles. The van der Waals surface area contributed by atoms with Crippen molar-refractivity contribution in [1.29, 1.82) is 0 Å². The van der Waals surface area contributed by atoms with Crippen LogP contribution >= 0.6 is 23.6 Å². The molecular weight excluding hydrogens is 240 g/mol. The number of nitrogens with zero attached hydrogens (tertiary/aromatic N) is 3.